The minimum absolute atomic E-state index is 0.246. The van der Waals surface area contributed by atoms with Gasteiger partial charge in [0.15, 0.2) is 0 Å². The van der Waals surface area contributed by atoms with Gasteiger partial charge in [0.05, 0.1) is 24.0 Å². The fraction of sp³-hybridized carbons (Fsp3) is 0.375. The molecule has 0 fully saturated rings. The van der Waals surface area contributed by atoms with Gasteiger partial charge in [0, 0.05) is 30.0 Å². The van der Waals surface area contributed by atoms with Crippen molar-refractivity contribution in [2.75, 3.05) is 0 Å². The van der Waals surface area contributed by atoms with E-state index in [-0.39, 0.29) is 24.1 Å². The Morgan fingerprint density at radius 3 is 2.67 bits per heavy atom. The first-order valence-corrected chi connectivity index (χ1v) is 12.0. The van der Waals surface area contributed by atoms with Gasteiger partial charge in [0.1, 0.15) is 16.8 Å². The molecule has 0 unspecified atom stereocenters. The van der Waals surface area contributed by atoms with Crippen molar-refractivity contribution in [2.24, 2.45) is 0 Å². The quantitative estimate of drug-likeness (QED) is 0.330. The first-order chi connectivity index (χ1) is 16.1. The molecule has 0 radical (unpaired) electrons. The molecule has 0 spiro atoms. The summed E-state index contributed by atoms with van der Waals surface area (Å²) in [6.45, 7) is 2.14. The second-order valence-electron chi connectivity index (χ2n) is 7.73. The fourth-order valence-electron chi connectivity index (χ4n) is 3.31. The van der Waals surface area contributed by atoms with Crippen molar-refractivity contribution in [1.82, 2.24) is 25.8 Å². The lowest BCUT2D eigenvalue weighted by Crippen LogP contribution is -2.46. The summed E-state index contributed by atoms with van der Waals surface area (Å²) < 4.78 is 0. The van der Waals surface area contributed by atoms with Crippen molar-refractivity contribution in [3.05, 3.63) is 59.4 Å². The molecule has 0 saturated heterocycles. The first kappa shape index (κ1) is 24.3. The molecule has 33 heavy (non-hydrogen) atoms. The topological polar surface area (TPSA) is 117 Å². The van der Waals surface area contributed by atoms with E-state index < -0.39 is 6.04 Å². The third-order valence-corrected chi connectivity index (χ3v) is 6.18. The molecule has 2 heterocycles. The summed E-state index contributed by atoms with van der Waals surface area (Å²) in [6, 6.07) is 9.19. The molecule has 8 nitrogen and oxygen atoms in total. The number of Topliss-reactive ketones (excluding diaryl/α,β-unsaturated/α-hetero) is 1. The number of amides is 2. The third kappa shape index (κ3) is 7.64. The highest BCUT2D eigenvalue weighted by Crippen LogP contribution is 2.23. The molecule has 0 aliphatic rings. The van der Waals surface area contributed by atoms with E-state index in [1.54, 1.807) is 0 Å². The van der Waals surface area contributed by atoms with Crippen LogP contribution in [0.1, 0.15) is 61.5 Å². The minimum Gasteiger partial charge on any atom is -0.349 e. The smallest absolute Gasteiger partial charge is 0.255 e. The van der Waals surface area contributed by atoms with Crippen LogP contribution in [0, 0.1) is 0 Å². The normalized spacial score (nSPS) is 11.7. The van der Waals surface area contributed by atoms with Gasteiger partial charge >= 0.3 is 0 Å². The number of carbonyl (C=O) groups is 3. The Balaban J connectivity index is 1.55. The van der Waals surface area contributed by atoms with Crippen molar-refractivity contribution in [1.29, 1.82) is 0 Å². The maximum absolute atomic E-state index is 12.9. The summed E-state index contributed by atoms with van der Waals surface area (Å²) in [7, 11) is 0. The zero-order valence-electron chi connectivity index (χ0n) is 18.7. The van der Waals surface area contributed by atoms with Gasteiger partial charge in [0.2, 0.25) is 5.91 Å². The molecule has 0 aliphatic heterocycles. The molecule has 0 saturated carbocycles. The van der Waals surface area contributed by atoms with Crippen LogP contribution in [-0.4, -0.2) is 38.8 Å². The fourth-order valence-corrected chi connectivity index (χ4v) is 4.14. The summed E-state index contributed by atoms with van der Waals surface area (Å²) in [5.41, 5.74) is 2.17. The Hall–Kier alpha value is -3.33. The summed E-state index contributed by atoms with van der Waals surface area (Å²) in [5.74, 6) is -0.369. The molecule has 3 aromatic rings. The van der Waals surface area contributed by atoms with Crippen LogP contribution in [0.25, 0.3) is 10.6 Å². The molecule has 3 N–H and O–H groups in total. The van der Waals surface area contributed by atoms with Gasteiger partial charge in [-0.1, -0.05) is 50.1 Å². The maximum Gasteiger partial charge on any atom is 0.255 e. The van der Waals surface area contributed by atoms with Crippen LogP contribution >= 0.6 is 11.3 Å². The number of aromatic nitrogens is 3. The zero-order valence-corrected chi connectivity index (χ0v) is 19.5. The molecule has 1 aromatic carbocycles. The second-order valence-corrected chi connectivity index (χ2v) is 8.59. The molecule has 9 heteroatoms. The number of nitrogens with zero attached hydrogens (tertiary/aromatic N) is 2. The first-order valence-electron chi connectivity index (χ1n) is 11.2. The van der Waals surface area contributed by atoms with Gasteiger partial charge in [-0.25, -0.2) is 4.98 Å². The number of nitrogens with one attached hydrogen (secondary N) is 3. The van der Waals surface area contributed by atoms with Gasteiger partial charge < -0.3 is 10.6 Å². The largest absolute Gasteiger partial charge is 0.349 e. The van der Waals surface area contributed by atoms with Crippen LogP contribution < -0.4 is 10.6 Å². The van der Waals surface area contributed by atoms with Crippen LogP contribution in [0.15, 0.2) is 48.1 Å². The number of hydrogen-bond donors (Lipinski definition) is 3. The van der Waals surface area contributed by atoms with Crippen molar-refractivity contribution in [3.63, 3.8) is 0 Å². The molecule has 3 rings (SSSR count). The number of aromatic amines is 1. The number of H-pyrrole nitrogens is 1. The number of carbonyl (C=O) groups excluding carboxylic acids is 3. The number of ketones is 1. The van der Waals surface area contributed by atoms with Crippen molar-refractivity contribution in [2.45, 2.75) is 58.0 Å². The second kappa shape index (κ2) is 12.6. The van der Waals surface area contributed by atoms with E-state index in [9.17, 15) is 14.4 Å². The lowest BCUT2D eigenvalue weighted by Gasteiger charge is -2.18. The zero-order chi connectivity index (χ0) is 23.5. The van der Waals surface area contributed by atoms with E-state index in [1.165, 1.54) is 23.7 Å². The van der Waals surface area contributed by atoms with Crippen LogP contribution in [0.5, 0.6) is 0 Å². The monoisotopic (exact) mass is 467 g/mol. The SMILES string of the molecule is CCC(=O)CCCCC[C@H](NC(=O)c1cn[nH]c1)C(=O)NCc1csc(-c2ccccc2)n1. The van der Waals surface area contributed by atoms with Crippen LogP contribution in [-0.2, 0) is 16.1 Å². The lowest BCUT2D eigenvalue weighted by molar-refractivity contribution is -0.123. The van der Waals surface area contributed by atoms with Crippen molar-refractivity contribution in [3.8, 4) is 10.6 Å². The van der Waals surface area contributed by atoms with Crippen molar-refractivity contribution < 1.29 is 14.4 Å². The average Bonchev–Trinajstić information content (AvgIpc) is 3.54. The molecule has 2 amide bonds. The molecule has 1 atom stereocenters. The van der Waals surface area contributed by atoms with E-state index in [1.807, 2.05) is 42.6 Å². The van der Waals surface area contributed by atoms with E-state index in [4.69, 9.17) is 0 Å². The Kier molecular flexibility index (Phi) is 9.31. The summed E-state index contributed by atoms with van der Waals surface area (Å²) in [4.78, 5) is 41.4. The van der Waals surface area contributed by atoms with Gasteiger partial charge in [-0.15, -0.1) is 11.3 Å². The van der Waals surface area contributed by atoms with Gasteiger partial charge in [-0.3, -0.25) is 19.5 Å². The highest BCUT2D eigenvalue weighted by Gasteiger charge is 2.22. The van der Waals surface area contributed by atoms with Crippen LogP contribution in [0.4, 0.5) is 0 Å². The Morgan fingerprint density at radius 1 is 1.12 bits per heavy atom. The van der Waals surface area contributed by atoms with Crippen LogP contribution in [0.3, 0.4) is 0 Å². The predicted octanol–water partition coefficient (Wildman–Crippen LogP) is 3.88. The summed E-state index contributed by atoms with van der Waals surface area (Å²) >= 11 is 1.52. The average molecular weight is 468 g/mol. The van der Waals surface area contributed by atoms with E-state index in [2.05, 4.69) is 25.8 Å². The lowest BCUT2D eigenvalue weighted by atomic mass is 10.0. The number of benzene rings is 1. The summed E-state index contributed by atoms with van der Waals surface area (Å²) in [6.07, 6.45) is 6.85. The van der Waals surface area contributed by atoms with E-state index >= 15 is 0 Å². The van der Waals surface area contributed by atoms with Crippen molar-refractivity contribution >= 4 is 28.9 Å². The Labute approximate surface area is 197 Å². The van der Waals surface area contributed by atoms with Gasteiger partial charge in [0.25, 0.3) is 5.91 Å². The standard InChI is InChI=1S/C24H29N5O3S/c1-2-20(30)11-7-4-8-12-21(29-22(31)18-13-26-27-14-18)23(32)25-15-19-16-33-24(28-19)17-9-5-3-6-10-17/h3,5-6,9-10,13-14,16,21H,2,4,7-8,11-12,15H2,1H3,(H,25,32)(H,26,27)(H,29,31)/t21-/m0/s1. The molecule has 0 bridgehead atoms. The highest BCUT2D eigenvalue weighted by molar-refractivity contribution is 7.13. The number of thiazole rings is 1. The maximum atomic E-state index is 12.9. The summed E-state index contributed by atoms with van der Waals surface area (Å²) in [5, 5.41) is 14.9. The molecule has 0 aliphatic carbocycles. The molecule has 2 aromatic heterocycles. The Bertz CT molecular complexity index is 1030. The number of hydrogen-bond acceptors (Lipinski definition) is 6. The van der Waals surface area contributed by atoms with E-state index in [0.29, 0.717) is 24.8 Å². The molecule has 174 valence electrons. The molecular formula is C24H29N5O3S. The number of unbranched alkanes of at least 4 members (excludes halogenated alkanes) is 2. The van der Waals surface area contributed by atoms with Crippen LogP contribution in [0.2, 0.25) is 0 Å². The minimum atomic E-state index is -0.679. The predicted molar refractivity (Wildman–Crippen MR) is 128 cm³/mol. The number of rotatable bonds is 13. The van der Waals surface area contributed by atoms with Gasteiger partial charge in [-0.2, -0.15) is 5.10 Å². The third-order valence-electron chi connectivity index (χ3n) is 5.24. The van der Waals surface area contributed by atoms with Gasteiger partial charge in [-0.05, 0) is 12.8 Å². The Morgan fingerprint density at radius 2 is 1.94 bits per heavy atom. The molecular weight excluding hydrogens is 438 g/mol. The van der Waals surface area contributed by atoms with E-state index in [0.717, 1.165) is 35.5 Å². The highest BCUT2D eigenvalue weighted by atomic mass is 32.1.